The van der Waals surface area contributed by atoms with Gasteiger partial charge >= 0.3 is 5.97 Å². The predicted molar refractivity (Wildman–Crippen MR) is 96.2 cm³/mol. The lowest BCUT2D eigenvalue weighted by molar-refractivity contribution is 0.0698. The molecule has 0 aliphatic rings. The zero-order valence-electron chi connectivity index (χ0n) is 12.0. The Bertz CT molecular complexity index is 710. The van der Waals surface area contributed by atoms with E-state index in [0.29, 0.717) is 41.1 Å². The van der Waals surface area contributed by atoms with E-state index in [-0.39, 0.29) is 5.56 Å². The summed E-state index contributed by atoms with van der Waals surface area (Å²) in [4.78, 5) is 11.2. The lowest BCUT2D eigenvalue weighted by Gasteiger charge is -2.11. The number of halogens is 3. The van der Waals surface area contributed by atoms with Crippen molar-refractivity contribution in [2.75, 3.05) is 18.5 Å². The number of aromatic carboxylic acids is 1. The van der Waals surface area contributed by atoms with Gasteiger partial charge in [0, 0.05) is 22.8 Å². The molecule has 0 aromatic heterocycles. The second-order valence-electron chi connectivity index (χ2n) is 4.70. The maximum atomic E-state index is 11.2. The fraction of sp³-hybridized carbons (Fsp3) is 0.188. The normalized spacial score (nSPS) is 10.4. The van der Waals surface area contributed by atoms with Crippen molar-refractivity contribution in [2.24, 2.45) is 0 Å². The van der Waals surface area contributed by atoms with Gasteiger partial charge in [0.05, 0.1) is 22.2 Å². The second kappa shape index (κ2) is 8.43. The highest BCUT2D eigenvalue weighted by Crippen LogP contribution is 2.26. The number of carbonyl (C=O) groups is 1. The number of ether oxygens (including phenoxy) is 1. The number of carboxylic acid groups (broad SMARTS) is 1. The van der Waals surface area contributed by atoms with E-state index in [1.54, 1.807) is 36.4 Å². The van der Waals surface area contributed by atoms with Crippen molar-refractivity contribution in [3.63, 3.8) is 0 Å². The summed E-state index contributed by atoms with van der Waals surface area (Å²) in [5, 5.41) is 13.2. The number of rotatable bonds is 7. The first kappa shape index (κ1) is 17.9. The van der Waals surface area contributed by atoms with Crippen LogP contribution in [0.25, 0.3) is 0 Å². The van der Waals surface area contributed by atoms with Crippen LogP contribution in [0, 0.1) is 0 Å². The van der Waals surface area contributed by atoms with E-state index < -0.39 is 5.97 Å². The quantitative estimate of drug-likeness (QED) is 0.596. The van der Waals surface area contributed by atoms with Gasteiger partial charge < -0.3 is 15.2 Å². The van der Waals surface area contributed by atoms with Crippen LogP contribution < -0.4 is 10.1 Å². The number of hydrogen-bond acceptors (Lipinski definition) is 3. The first-order valence-corrected chi connectivity index (χ1v) is 8.37. The first-order chi connectivity index (χ1) is 11.0. The van der Waals surface area contributed by atoms with Gasteiger partial charge in [0.25, 0.3) is 0 Å². The molecule has 2 rings (SSSR count). The van der Waals surface area contributed by atoms with Gasteiger partial charge in [0.15, 0.2) is 0 Å². The summed E-state index contributed by atoms with van der Waals surface area (Å²) in [6.45, 7) is 1.06. The van der Waals surface area contributed by atoms with Crippen LogP contribution in [0.3, 0.4) is 0 Å². The Hall–Kier alpha value is -1.43. The Morgan fingerprint density at radius 2 is 1.96 bits per heavy atom. The largest absolute Gasteiger partial charge is 0.493 e. The van der Waals surface area contributed by atoms with Crippen LogP contribution in [0.1, 0.15) is 16.8 Å². The summed E-state index contributed by atoms with van der Waals surface area (Å²) in [7, 11) is 0. The smallest absolute Gasteiger partial charge is 0.337 e. The van der Waals surface area contributed by atoms with Gasteiger partial charge in [-0.25, -0.2) is 4.79 Å². The van der Waals surface area contributed by atoms with Crippen LogP contribution in [0.4, 0.5) is 5.69 Å². The molecule has 0 aliphatic heterocycles. The van der Waals surface area contributed by atoms with Crippen molar-refractivity contribution >= 4 is 50.8 Å². The molecule has 0 bridgehead atoms. The minimum atomic E-state index is -0.971. The minimum Gasteiger partial charge on any atom is -0.493 e. The molecule has 0 spiro atoms. The number of anilines is 1. The van der Waals surface area contributed by atoms with Crippen LogP contribution in [0.15, 0.2) is 40.9 Å². The summed E-state index contributed by atoms with van der Waals surface area (Å²) in [5.41, 5.74) is 0.806. The maximum Gasteiger partial charge on any atom is 0.337 e. The Morgan fingerprint density at radius 3 is 2.65 bits per heavy atom. The van der Waals surface area contributed by atoms with Gasteiger partial charge in [0.2, 0.25) is 0 Å². The lowest BCUT2D eigenvalue weighted by Crippen LogP contribution is -2.10. The molecule has 0 amide bonds. The third-order valence-corrected chi connectivity index (χ3v) is 4.24. The fourth-order valence-corrected chi connectivity index (χ4v) is 2.55. The Labute approximate surface area is 152 Å². The van der Waals surface area contributed by atoms with E-state index in [2.05, 4.69) is 21.2 Å². The average molecular weight is 419 g/mol. The summed E-state index contributed by atoms with van der Waals surface area (Å²) in [6, 6.07) is 10.2. The topological polar surface area (TPSA) is 58.6 Å². The minimum absolute atomic E-state index is 0.227. The van der Waals surface area contributed by atoms with Crippen molar-refractivity contribution in [3.8, 4) is 5.75 Å². The monoisotopic (exact) mass is 417 g/mol. The molecule has 23 heavy (non-hydrogen) atoms. The van der Waals surface area contributed by atoms with Crippen molar-refractivity contribution in [1.82, 2.24) is 0 Å². The van der Waals surface area contributed by atoms with E-state index in [9.17, 15) is 9.90 Å². The molecule has 0 saturated heterocycles. The average Bonchev–Trinajstić information content (AvgIpc) is 2.51. The van der Waals surface area contributed by atoms with E-state index in [1.165, 1.54) is 0 Å². The molecule has 122 valence electrons. The van der Waals surface area contributed by atoms with Crippen LogP contribution >= 0.6 is 39.1 Å². The third-order valence-electron chi connectivity index (χ3n) is 3.01. The van der Waals surface area contributed by atoms with E-state index in [1.807, 2.05) is 0 Å². The molecule has 2 aromatic rings. The van der Waals surface area contributed by atoms with E-state index in [4.69, 9.17) is 27.9 Å². The fourth-order valence-electron chi connectivity index (χ4n) is 1.90. The Kier molecular flexibility index (Phi) is 6.57. The zero-order chi connectivity index (χ0) is 16.8. The maximum absolute atomic E-state index is 11.2. The first-order valence-electron chi connectivity index (χ1n) is 6.82. The number of hydrogen-bond donors (Lipinski definition) is 2. The summed E-state index contributed by atoms with van der Waals surface area (Å²) in [6.07, 6.45) is 0.704. The van der Waals surface area contributed by atoms with Crippen LogP contribution in [-0.4, -0.2) is 24.2 Å². The molecule has 0 aliphatic carbocycles. The SMILES string of the molecule is O=C(O)c1cc(Br)ccc1NCCCOc1ccc(Cl)c(Cl)c1. The van der Waals surface area contributed by atoms with Crippen molar-refractivity contribution in [1.29, 1.82) is 0 Å². The van der Waals surface area contributed by atoms with Gasteiger partial charge in [-0.2, -0.15) is 0 Å². The third kappa shape index (κ3) is 5.30. The Morgan fingerprint density at radius 1 is 1.17 bits per heavy atom. The molecule has 2 aromatic carbocycles. The van der Waals surface area contributed by atoms with Crippen molar-refractivity contribution < 1.29 is 14.6 Å². The van der Waals surface area contributed by atoms with Crippen LogP contribution in [0.2, 0.25) is 10.0 Å². The Balaban J connectivity index is 1.81. The van der Waals surface area contributed by atoms with Gasteiger partial charge in [-0.05, 0) is 36.8 Å². The van der Waals surface area contributed by atoms with Gasteiger partial charge in [-0.1, -0.05) is 39.1 Å². The number of nitrogens with one attached hydrogen (secondary N) is 1. The molecule has 0 saturated carbocycles. The predicted octanol–water partition coefficient (Wildman–Crippen LogP) is 5.34. The molecule has 0 fully saturated rings. The second-order valence-corrected chi connectivity index (χ2v) is 6.43. The van der Waals surface area contributed by atoms with Gasteiger partial charge in [-0.3, -0.25) is 0 Å². The number of benzene rings is 2. The molecule has 2 N–H and O–H groups in total. The standard InChI is InChI=1S/C16H14BrCl2NO3/c17-10-2-5-15(12(8-10)16(21)22)20-6-1-7-23-11-3-4-13(18)14(19)9-11/h2-5,8-9,20H,1,6-7H2,(H,21,22). The van der Waals surface area contributed by atoms with Crippen molar-refractivity contribution in [3.05, 3.63) is 56.5 Å². The van der Waals surface area contributed by atoms with E-state index >= 15 is 0 Å². The molecular weight excluding hydrogens is 405 g/mol. The molecule has 0 radical (unpaired) electrons. The summed E-state index contributed by atoms with van der Waals surface area (Å²) < 4.78 is 6.30. The van der Waals surface area contributed by atoms with E-state index in [0.717, 1.165) is 4.47 Å². The zero-order valence-corrected chi connectivity index (χ0v) is 15.1. The van der Waals surface area contributed by atoms with Crippen molar-refractivity contribution in [2.45, 2.75) is 6.42 Å². The highest BCUT2D eigenvalue weighted by molar-refractivity contribution is 9.10. The number of carboxylic acids is 1. The highest BCUT2D eigenvalue weighted by Gasteiger charge is 2.10. The summed E-state index contributed by atoms with van der Waals surface area (Å²) in [5.74, 6) is -0.324. The lowest BCUT2D eigenvalue weighted by atomic mass is 10.2. The molecule has 0 heterocycles. The van der Waals surface area contributed by atoms with Crippen LogP contribution in [0.5, 0.6) is 5.75 Å². The molecule has 0 atom stereocenters. The molecule has 7 heteroatoms. The van der Waals surface area contributed by atoms with Crippen LogP contribution in [-0.2, 0) is 0 Å². The van der Waals surface area contributed by atoms with Gasteiger partial charge in [0.1, 0.15) is 5.75 Å². The molecule has 0 unspecified atom stereocenters. The molecular formula is C16H14BrCl2NO3. The highest BCUT2D eigenvalue weighted by atomic mass is 79.9. The molecule has 4 nitrogen and oxygen atoms in total. The van der Waals surface area contributed by atoms with Gasteiger partial charge in [-0.15, -0.1) is 0 Å². The summed E-state index contributed by atoms with van der Waals surface area (Å²) >= 11 is 15.0.